The first-order valence-corrected chi connectivity index (χ1v) is 6.88. The van der Waals surface area contributed by atoms with Crippen LogP contribution in [0.25, 0.3) is 0 Å². The normalized spacial score (nSPS) is 19.7. The van der Waals surface area contributed by atoms with E-state index in [0.29, 0.717) is 5.69 Å². The summed E-state index contributed by atoms with van der Waals surface area (Å²) in [7, 11) is 0. The van der Waals surface area contributed by atoms with E-state index in [1.165, 1.54) is 13.3 Å². The molecule has 104 valence electrons. The van der Waals surface area contributed by atoms with Crippen molar-refractivity contribution in [3.8, 4) is 5.75 Å². The third kappa shape index (κ3) is 2.88. The number of hydrogen-bond acceptors (Lipinski definition) is 4. The van der Waals surface area contributed by atoms with E-state index in [1.807, 2.05) is 6.92 Å². The summed E-state index contributed by atoms with van der Waals surface area (Å²) in [5.74, 6) is -0.0269. The third-order valence-corrected chi connectivity index (χ3v) is 4.00. The summed E-state index contributed by atoms with van der Waals surface area (Å²) in [5, 5.41) is 10.0. The van der Waals surface area contributed by atoms with E-state index >= 15 is 0 Å². The Morgan fingerprint density at radius 3 is 2.68 bits per heavy atom. The molecule has 1 aliphatic rings. The number of pyridine rings is 1. The van der Waals surface area contributed by atoms with Crippen LogP contribution in [0.1, 0.15) is 51.6 Å². The molecule has 1 aromatic heterocycles. The van der Waals surface area contributed by atoms with Crippen molar-refractivity contribution in [2.75, 3.05) is 0 Å². The van der Waals surface area contributed by atoms with Crippen molar-refractivity contribution in [2.45, 2.75) is 51.6 Å². The largest absolute Gasteiger partial charge is 0.506 e. The van der Waals surface area contributed by atoms with Crippen LogP contribution in [0.2, 0.25) is 0 Å². The molecule has 0 radical (unpaired) electrons. The van der Waals surface area contributed by atoms with E-state index < -0.39 is 5.60 Å². The molecule has 4 nitrogen and oxygen atoms in total. The van der Waals surface area contributed by atoms with E-state index in [4.69, 9.17) is 4.74 Å². The Bertz CT molecular complexity index is 454. The molecule has 0 aromatic carbocycles. The average molecular weight is 263 g/mol. The van der Waals surface area contributed by atoms with Gasteiger partial charge >= 0.3 is 5.97 Å². The number of rotatable bonds is 3. The van der Waals surface area contributed by atoms with Gasteiger partial charge < -0.3 is 9.84 Å². The molecule has 0 amide bonds. The number of aromatic hydroxyl groups is 1. The van der Waals surface area contributed by atoms with Crippen molar-refractivity contribution in [3.05, 3.63) is 24.0 Å². The first-order chi connectivity index (χ1) is 9.04. The summed E-state index contributed by atoms with van der Waals surface area (Å²) in [6.07, 6.45) is 7.12. The van der Waals surface area contributed by atoms with Crippen molar-refractivity contribution in [1.82, 2.24) is 4.98 Å². The number of nitrogens with zero attached hydrogens (tertiary/aromatic N) is 1. The lowest BCUT2D eigenvalue weighted by Gasteiger charge is -2.38. The van der Waals surface area contributed by atoms with E-state index in [9.17, 15) is 9.90 Å². The highest BCUT2D eigenvalue weighted by Crippen LogP contribution is 2.43. The van der Waals surface area contributed by atoms with Gasteiger partial charge in [-0.1, -0.05) is 19.3 Å². The molecule has 1 N–H and O–H groups in total. The fraction of sp³-hybridized carbons (Fsp3) is 0.600. The molecule has 4 heteroatoms. The highest BCUT2D eigenvalue weighted by molar-refractivity contribution is 5.67. The van der Waals surface area contributed by atoms with Crippen LogP contribution in [0.5, 0.6) is 5.75 Å². The van der Waals surface area contributed by atoms with Gasteiger partial charge in [-0.2, -0.15) is 0 Å². The number of ether oxygens (including phenoxy) is 1. The van der Waals surface area contributed by atoms with Gasteiger partial charge in [0.25, 0.3) is 0 Å². The minimum Gasteiger partial charge on any atom is -0.506 e. The Balaban J connectivity index is 2.38. The van der Waals surface area contributed by atoms with Gasteiger partial charge in [-0.25, -0.2) is 0 Å². The van der Waals surface area contributed by atoms with E-state index in [0.717, 1.165) is 25.7 Å². The molecule has 2 rings (SSSR count). The molecule has 1 fully saturated rings. The Morgan fingerprint density at radius 1 is 1.42 bits per heavy atom. The minimum atomic E-state index is -0.836. The second-order valence-electron chi connectivity index (χ2n) is 5.41. The number of carbonyl (C=O) groups excluding carboxylic acids is 1. The van der Waals surface area contributed by atoms with E-state index in [1.54, 1.807) is 18.3 Å². The molecule has 1 heterocycles. The minimum absolute atomic E-state index is 0.0943. The summed E-state index contributed by atoms with van der Waals surface area (Å²) in [6.45, 7) is 3.27. The molecule has 0 aliphatic heterocycles. The molecule has 1 unspecified atom stereocenters. The zero-order valence-corrected chi connectivity index (χ0v) is 11.6. The van der Waals surface area contributed by atoms with Gasteiger partial charge in [-0.15, -0.1) is 0 Å². The lowest BCUT2D eigenvalue weighted by Crippen LogP contribution is -2.38. The quantitative estimate of drug-likeness (QED) is 0.851. The van der Waals surface area contributed by atoms with Crippen LogP contribution in [-0.2, 0) is 15.1 Å². The molecular formula is C15H21NO3. The summed E-state index contributed by atoms with van der Waals surface area (Å²) in [6, 6.07) is 3.26. The van der Waals surface area contributed by atoms with Crippen molar-refractivity contribution in [2.24, 2.45) is 5.92 Å². The maximum Gasteiger partial charge on any atom is 0.303 e. The number of carbonyl (C=O) groups is 1. The zero-order chi connectivity index (χ0) is 13.9. The lowest BCUT2D eigenvalue weighted by atomic mass is 9.75. The maximum absolute atomic E-state index is 11.5. The van der Waals surface area contributed by atoms with Crippen molar-refractivity contribution < 1.29 is 14.6 Å². The molecule has 1 aromatic rings. The molecular weight excluding hydrogens is 242 g/mol. The smallest absolute Gasteiger partial charge is 0.303 e. The summed E-state index contributed by atoms with van der Waals surface area (Å²) >= 11 is 0. The molecule has 1 atom stereocenters. The van der Waals surface area contributed by atoms with Crippen molar-refractivity contribution in [3.63, 3.8) is 0 Å². The highest BCUT2D eigenvalue weighted by Gasteiger charge is 2.42. The standard InChI is InChI=1S/C15H21NO3/c1-11(17)19-15(2,12-7-4-3-5-8-12)14-13(18)9-6-10-16-14/h6,9-10,12,18H,3-5,7-8H2,1-2H3. The number of hydrogen-bond donors (Lipinski definition) is 1. The molecule has 0 saturated heterocycles. The van der Waals surface area contributed by atoms with Gasteiger partial charge in [0.2, 0.25) is 0 Å². The van der Waals surface area contributed by atoms with Crippen molar-refractivity contribution >= 4 is 5.97 Å². The van der Waals surface area contributed by atoms with E-state index in [-0.39, 0.29) is 17.6 Å². The second-order valence-corrected chi connectivity index (χ2v) is 5.41. The Kier molecular flexibility index (Phi) is 4.08. The fourth-order valence-electron chi connectivity index (χ4n) is 3.06. The SMILES string of the molecule is CC(=O)OC(C)(c1ncccc1O)C1CCCCC1. The number of aromatic nitrogens is 1. The van der Waals surface area contributed by atoms with Crippen LogP contribution in [0.4, 0.5) is 0 Å². The van der Waals surface area contributed by atoms with Crippen molar-refractivity contribution in [1.29, 1.82) is 0 Å². The van der Waals surface area contributed by atoms with Gasteiger partial charge in [0.05, 0.1) is 0 Å². The lowest BCUT2D eigenvalue weighted by molar-refractivity contribution is -0.165. The van der Waals surface area contributed by atoms with Gasteiger partial charge in [-0.05, 0) is 31.9 Å². The van der Waals surface area contributed by atoms with Crippen LogP contribution in [0.3, 0.4) is 0 Å². The molecule has 19 heavy (non-hydrogen) atoms. The maximum atomic E-state index is 11.5. The molecule has 1 aliphatic carbocycles. The van der Waals surface area contributed by atoms with Gasteiger partial charge in [0.15, 0.2) is 5.60 Å². The van der Waals surface area contributed by atoms with Gasteiger partial charge in [-0.3, -0.25) is 9.78 Å². The zero-order valence-electron chi connectivity index (χ0n) is 11.6. The van der Waals surface area contributed by atoms with Gasteiger partial charge in [0.1, 0.15) is 11.4 Å². The summed E-state index contributed by atoms with van der Waals surface area (Å²) < 4.78 is 5.58. The molecule has 1 saturated carbocycles. The Morgan fingerprint density at radius 2 is 2.11 bits per heavy atom. The van der Waals surface area contributed by atoms with Crippen LogP contribution in [-0.4, -0.2) is 16.1 Å². The highest BCUT2D eigenvalue weighted by atomic mass is 16.6. The topological polar surface area (TPSA) is 59.4 Å². The number of esters is 1. The van der Waals surface area contributed by atoms with Gasteiger partial charge in [0, 0.05) is 19.0 Å². The summed E-state index contributed by atoms with van der Waals surface area (Å²) in [4.78, 5) is 15.7. The van der Waals surface area contributed by atoms with E-state index in [2.05, 4.69) is 4.98 Å². The molecule has 0 bridgehead atoms. The average Bonchev–Trinajstić information content (AvgIpc) is 2.39. The molecule has 0 spiro atoms. The van der Waals surface area contributed by atoms with Crippen LogP contribution in [0, 0.1) is 5.92 Å². The predicted molar refractivity (Wildman–Crippen MR) is 71.6 cm³/mol. The Labute approximate surface area is 113 Å². The second kappa shape index (κ2) is 5.59. The summed E-state index contributed by atoms with van der Waals surface area (Å²) in [5.41, 5.74) is -0.366. The van der Waals surface area contributed by atoms with Crippen LogP contribution < -0.4 is 0 Å². The third-order valence-electron chi connectivity index (χ3n) is 4.00. The monoisotopic (exact) mass is 263 g/mol. The van der Waals surface area contributed by atoms with Crippen LogP contribution >= 0.6 is 0 Å². The first kappa shape index (κ1) is 13.8. The fourth-order valence-corrected chi connectivity index (χ4v) is 3.06. The predicted octanol–water partition coefficient (Wildman–Crippen LogP) is 3.15. The Hall–Kier alpha value is -1.58. The van der Waals surface area contributed by atoms with Crippen LogP contribution in [0.15, 0.2) is 18.3 Å². The first-order valence-electron chi connectivity index (χ1n) is 6.88.